The van der Waals surface area contributed by atoms with Crippen LogP contribution in [0.3, 0.4) is 0 Å². The largest absolute Gasteiger partial charge is 0.374 e. The molecular formula is C11H23NO. The summed E-state index contributed by atoms with van der Waals surface area (Å²) in [6, 6.07) is 0. The second kappa shape index (κ2) is 7.10. The first-order chi connectivity index (χ1) is 6.06. The third-order valence-electron chi connectivity index (χ3n) is 1.80. The Morgan fingerprint density at radius 3 is 2.46 bits per heavy atom. The molecule has 0 fully saturated rings. The first-order valence-electron chi connectivity index (χ1n) is 4.99. The lowest BCUT2D eigenvalue weighted by Gasteiger charge is -2.15. The van der Waals surface area contributed by atoms with Crippen molar-refractivity contribution < 1.29 is 4.74 Å². The van der Waals surface area contributed by atoms with E-state index in [0.717, 1.165) is 18.5 Å². The van der Waals surface area contributed by atoms with E-state index in [1.165, 1.54) is 0 Å². The molecule has 1 N–H and O–H groups in total. The molecule has 0 saturated carbocycles. The lowest BCUT2D eigenvalue weighted by atomic mass is 10.1. The molecule has 1 unspecified atom stereocenters. The van der Waals surface area contributed by atoms with Gasteiger partial charge in [-0.05, 0) is 31.9 Å². The molecule has 0 aromatic carbocycles. The highest BCUT2D eigenvalue weighted by atomic mass is 16.5. The van der Waals surface area contributed by atoms with Crippen LogP contribution in [-0.2, 0) is 4.74 Å². The molecule has 0 heterocycles. The van der Waals surface area contributed by atoms with E-state index in [0.29, 0.717) is 18.6 Å². The minimum atomic E-state index is 0.341. The molecule has 0 aromatic rings. The Bertz CT molecular complexity index is 143. The van der Waals surface area contributed by atoms with Crippen LogP contribution >= 0.6 is 0 Å². The number of hydrogen-bond donors (Lipinski definition) is 1. The van der Waals surface area contributed by atoms with E-state index in [1.807, 2.05) is 7.05 Å². The average Bonchev–Trinajstić information content (AvgIpc) is 2.00. The molecule has 0 radical (unpaired) electrons. The molecule has 0 saturated heterocycles. The maximum absolute atomic E-state index is 5.63. The molecule has 0 bridgehead atoms. The van der Waals surface area contributed by atoms with Gasteiger partial charge in [0.25, 0.3) is 0 Å². The summed E-state index contributed by atoms with van der Waals surface area (Å²) in [5.74, 6) is 0.701. The summed E-state index contributed by atoms with van der Waals surface area (Å²) in [6.07, 6.45) is 1.46. The van der Waals surface area contributed by atoms with E-state index in [-0.39, 0.29) is 0 Å². The number of hydrogen-bond acceptors (Lipinski definition) is 2. The Balaban J connectivity index is 3.45. The highest BCUT2D eigenvalue weighted by molar-refractivity contribution is 4.96. The van der Waals surface area contributed by atoms with E-state index in [4.69, 9.17) is 4.74 Å². The van der Waals surface area contributed by atoms with E-state index in [1.54, 1.807) is 0 Å². The Labute approximate surface area is 82.4 Å². The van der Waals surface area contributed by atoms with Crippen molar-refractivity contribution >= 4 is 0 Å². The minimum Gasteiger partial charge on any atom is -0.374 e. The van der Waals surface area contributed by atoms with E-state index < -0.39 is 0 Å². The van der Waals surface area contributed by atoms with Crippen molar-refractivity contribution in [3.63, 3.8) is 0 Å². The third-order valence-corrected chi connectivity index (χ3v) is 1.80. The van der Waals surface area contributed by atoms with Crippen LogP contribution in [0.15, 0.2) is 12.2 Å². The standard InChI is InChI=1S/C11H23NO/c1-9(2)6-11(4)13-8-10(3)7-12-5/h9,11-12H,3,6-8H2,1-2,4-5H3. The maximum Gasteiger partial charge on any atom is 0.0690 e. The van der Waals surface area contributed by atoms with E-state index in [2.05, 4.69) is 32.7 Å². The molecular weight excluding hydrogens is 162 g/mol. The van der Waals surface area contributed by atoms with Crippen LogP contribution in [0.1, 0.15) is 27.2 Å². The van der Waals surface area contributed by atoms with Crippen LogP contribution in [-0.4, -0.2) is 26.3 Å². The SMILES string of the molecule is C=C(CNC)COC(C)CC(C)C. The minimum absolute atomic E-state index is 0.341. The van der Waals surface area contributed by atoms with Crippen molar-refractivity contribution in [1.82, 2.24) is 5.32 Å². The van der Waals surface area contributed by atoms with Crippen molar-refractivity contribution in [2.45, 2.75) is 33.3 Å². The van der Waals surface area contributed by atoms with Gasteiger partial charge in [0, 0.05) is 6.54 Å². The van der Waals surface area contributed by atoms with Crippen LogP contribution < -0.4 is 5.32 Å². The Morgan fingerprint density at radius 2 is 2.00 bits per heavy atom. The van der Waals surface area contributed by atoms with Gasteiger partial charge in [0.15, 0.2) is 0 Å². The van der Waals surface area contributed by atoms with Gasteiger partial charge in [0.05, 0.1) is 12.7 Å². The highest BCUT2D eigenvalue weighted by Gasteiger charge is 2.05. The smallest absolute Gasteiger partial charge is 0.0690 e. The van der Waals surface area contributed by atoms with Gasteiger partial charge in [-0.2, -0.15) is 0 Å². The van der Waals surface area contributed by atoms with Gasteiger partial charge in [0.1, 0.15) is 0 Å². The van der Waals surface area contributed by atoms with Crippen molar-refractivity contribution in [2.75, 3.05) is 20.2 Å². The number of ether oxygens (including phenoxy) is 1. The fourth-order valence-corrected chi connectivity index (χ4v) is 1.29. The fourth-order valence-electron chi connectivity index (χ4n) is 1.29. The zero-order valence-corrected chi connectivity index (χ0v) is 9.39. The van der Waals surface area contributed by atoms with Gasteiger partial charge >= 0.3 is 0 Å². The highest BCUT2D eigenvalue weighted by Crippen LogP contribution is 2.08. The Kier molecular flexibility index (Phi) is 6.92. The van der Waals surface area contributed by atoms with Gasteiger partial charge < -0.3 is 10.1 Å². The first-order valence-corrected chi connectivity index (χ1v) is 4.99. The monoisotopic (exact) mass is 185 g/mol. The van der Waals surface area contributed by atoms with Crippen molar-refractivity contribution in [2.24, 2.45) is 5.92 Å². The molecule has 0 aliphatic rings. The number of likely N-dealkylation sites (N-methyl/N-ethyl adjacent to an activating group) is 1. The molecule has 2 heteroatoms. The summed E-state index contributed by atoms with van der Waals surface area (Å²) in [5, 5.41) is 3.05. The first kappa shape index (κ1) is 12.7. The second-order valence-electron chi connectivity index (χ2n) is 4.03. The second-order valence-corrected chi connectivity index (χ2v) is 4.03. The van der Waals surface area contributed by atoms with E-state index >= 15 is 0 Å². The summed E-state index contributed by atoms with van der Waals surface area (Å²) in [6.45, 7) is 12.0. The fraction of sp³-hybridized carbons (Fsp3) is 0.818. The topological polar surface area (TPSA) is 21.3 Å². The summed E-state index contributed by atoms with van der Waals surface area (Å²) < 4.78 is 5.63. The van der Waals surface area contributed by atoms with Crippen LogP contribution in [0, 0.1) is 5.92 Å². The quantitative estimate of drug-likeness (QED) is 0.614. The third kappa shape index (κ3) is 8.00. The normalized spacial score (nSPS) is 13.3. The molecule has 0 aromatic heterocycles. The summed E-state index contributed by atoms with van der Waals surface area (Å²) in [4.78, 5) is 0. The molecule has 13 heavy (non-hydrogen) atoms. The molecule has 1 atom stereocenters. The lowest BCUT2D eigenvalue weighted by Crippen LogP contribution is -2.17. The summed E-state index contributed by atoms with van der Waals surface area (Å²) >= 11 is 0. The van der Waals surface area contributed by atoms with Gasteiger partial charge in [0.2, 0.25) is 0 Å². The van der Waals surface area contributed by atoms with Gasteiger partial charge in [-0.1, -0.05) is 20.4 Å². The predicted molar refractivity (Wildman–Crippen MR) is 57.9 cm³/mol. The van der Waals surface area contributed by atoms with Crippen LogP contribution in [0.4, 0.5) is 0 Å². The number of nitrogens with one attached hydrogen (secondary N) is 1. The number of rotatable bonds is 7. The van der Waals surface area contributed by atoms with Crippen LogP contribution in [0.5, 0.6) is 0 Å². The van der Waals surface area contributed by atoms with Crippen LogP contribution in [0.2, 0.25) is 0 Å². The Hall–Kier alpha value is -0.340. The van der Waals surface area contributed by atoms with Gasteiger partial charge in [-0.3, -0.25) is 0 Å². The van der Waals surface area contributed by atoms with Gasteiger partial charge in [-0.15, -0.1) is 0 Å². The van der Waals surface area contributed by atoms with Crippen molar-refractivity contribution in [3.05, 3.63) is 12.2 Å². The van der Waals surface area contributed by atoms with Crippen LogP contribution in [0.25, 0.3) is 0 Å². The molecule has 0 amide bonds. The van der Waals surface area contributed by atoms with E-state index in [9.17, 15) is 0 Å². The zero-order chi connectivity index (χ0) is 10.3. The predicted octanol–water partition coefficient (Wildman–Crippen LogP) is 2.21. The lowest BCUT2D eigenvalue weighted by molar-refractivity contribution is 0.0674. The molecule has 0 rings (SSSR count). The molecule has 0 aliphatic heterocycles. The molecule has 2 nitrogen and oxygen atoms in total. The summed E-state index contributed by atoms with van der Waals surface area (Å²) in [7, 11) is 1.92. The zero-order valence-electron chi connectivity index (χ0n) is 9.39. The average molecular weight is 185 g/mol. The van der Waals surface area contributed by atoms with Crippen molar-refractivity contribution in [1.29, 1.82) is 0 Å². The summed E-state index contributed by atoms with van der Waals surface area (Å²) in [5.41, 5.74) is 1.11. The van der Waals surface area contributed by atoms with Gasteiger partial charge in [-0.25, -0.2) is 0 Å². The maximum atomic E-state index is 5.63. The molecule has 78 valence electrons. The molecule has 0 aliphatic carbocycles. The van der Waals surface area contributed by atoms with Crippen molar-refractivity contribution in [3.8, 4) is 0 Å². The molecule has 0 spiro atoms. The Morgan fingerprint density at radius 1 is 1.38 bits per heavy atom.